The first-order chi connectivity index (χ1) is 14.5. The number of ether oxygens (including phenoxy) is 1. The highest BCUT2D eigenvalue weighted by molar-refractivity contribution is 7.13. The first kappa shape index (κ1) is 21.1. The smallest absolute Gasteiger partial charge is 0.338 e. The van der Waals surface area contributed by atoms with E-state index in [0.29, 0.717) is 28.4 Å². The zero-order chi connectivity index (χ0) is 21.3. The number of nitrogens with zero attached hydrogens (tertiary/aromatic N) is 2. The van der Waals surface area contributed by atoms with E-state index in [1.54, 1.807) is 43.3 Å². The fourth-order valence-electron chi connectivity index (χ4n) is 2.53. The van der Waals surface area contributed by atoms with Crippen molar-refractivity contribution in [3.8, 4) is 0 Å². The van der Waals surface area contributed by atoms with E-state index in [1.807, 2.05) is 18.2 Å². The number of esters is 1. The minimum Gasteiger partial charge on any atom is -0.462 e. The monoisotopic (exact) mass is 424 g/mol. The maximum absolute atomic E-state index is 12.2. The Balaban J connectivity index is 1.51. The average Bonchev–Trinajstić information content (AvgIpc) is 3.23. The molecule has 0 bridgehead atoms. The van der Waals surface area contributed by atoms with Gasteiger partial charge < -0.3 is 15.4 Å². The lowest BCUT2D eigenvalue weighted by atomic mass is 10.2. The molecular weight excluding hydrogens is 404 g/mol. The number of rotatable bonds is 8. The van der Waals surface area contributed by atoms with Crippen LogP contribution in [0.15, 0.2) is 54.6 Å². The maximum atomic E-state index is 12.2. The molecule has 3 aromatic rings. The zero-order valence-corrected chi connectivity index (χ0v) is 17.1. The number of para-hydroxylation sites is 1. The van der Waals surface area contributed by atoms with Crippen LogP contribution in [0.5, 0.6) is 0 Å². The third-order valence-electron chi connectivity index (χ3n) is 3.92. The lowest BCUT2D eigenvalue weighted by molar-refractivity contribution is -0.116. The van der Waals surface area contributed by atoms with E-state index in [1.165, 1.54) is 0 Å². The lowest BCUT2D eigenvalue weighted by Crippen LogP contribution is -2.13. The highest BCUT2D eigenvalue weighted by atomic mass is 32.1. The predicted molar refractivity (Wildman–Crippen MR) is 114 cm³/mol. The number of anilines is 2. The second-order valence-corrected chi connectivity index (χ2v) is 7.23. The third-order valence-corrected chi connectivity index (χ3v) is 4.90. The van der Waals surface area contributed by atoms with Crippen molar-refractivity contribution in [2.24, 2.45) is 0 Å². The minimum atomic E-state index is -0.441. The predicted octanol–water partition coefficient (Wildman–Crippen LogP) is 3.54. The van der Waals surface area contributed by atoms with Crippen LogP contribution in [-0.2, 0) is 16.0 Å². The summed E-state index contributed by atoms with van der Waals surface area (Å²) in [4.78, 5) is 36.2. The largest absolute Gasteiger partial charge is 0.462 e. The van der Waals surface area contributed by atoms with Gasteiger partial charge in [-0.3, -0.25) is 9.59 Å². The highest BCUT2D eigenvalue weighted by Gasteiger charge is 2.14. The van der Waals surface area contributed by atoms with Crippen LogP contribution in [0.1, 0.15) is 38.5 Å². The van der Waals surface area contributed by atoms with Gasteiger partial charge in [0.05, 0.1) is 12.2 Å². The minimum absolute atomic E-state index is 0.165. The summed E-state index contributed by atoms with van der Waals surface area (Å²) >= 11 is 1.14. The molecule has 154 valence electrons. The van der Waals surface area contributed by atoms with Gasteiger partial charge in [0.2, 0.25) is 10.9 Å². The second kappa shape index (κ2) is 10.3. The van der Waals surface area contributed by atoms with Crippen LogP contribution in [0.3, 0.4) is 0 Å². The number of hydrogen-bond donors (Lipinski definition) is 2. The van der Waals surface area contributed by atoms with E-state index in [0.717, 1.165) is 11.3 Å². The number of aromatic nitrogens is 2. The summed E-state index contributed by atoms with van der Waals surface area (Å²) in [6.07, 6.45) is 0.512. The molecule has 9 heteroatoms. The summed E-state index contributed by atoms with van der Waals surface area (Å²) in [5.74, 6) is -1.02. The van der Waals surface area contributed by atoms with E-state index in [2.05, 4.69) is 20.8 Å². The van der Waals surface area contributed by atoms with E-state index >= 15 is 0 Å². The van der Waals surface area contributed by atoms with E-state index in [9.17, 15) is 14.4 Å². The van der Waals surface area contributed by atoms with Crippen molar-refractivity contribution < 1.29 is 19.1 Å². The lowest BCUT2D eigenvalue weighted by Gasteiger charge is -2.07. The van der Waals surface area contributed by atoms with Crippen LogP contribution < -0.4 is 10.6 Å². The van der Waals surface area contributed by atoms with Gasteiger partial charge in [-0.15, -0.1) is 10.2 Å². The summed E-state index contributed by atoms with van der Waals surface area (Å²) in [5.41, 5.74) is 1.54. The molecule has 30 heavy (non-hydrogen) atoms. The van der Waals surface area contributed by atoms with Gasteiger partial charge in [-0.25, -0.2) is 4.79 Å². The summed E-state index contributed by atoms with van der Waals surface area (Å²) < 4.78 is 4.95. The molecule has 0 spiro atoms. The maximum Gasteiger partial charge on any atom is 0.338 e. The van der Waals surface area contributed by atoms with Gasteiger partial charge in [0.1, 0.15) is 5.01 Å². The van der Waals surface area contributed by atoms with Crippen LogP contribution in [-0.4, -0.2) is 34.6 Å². The van der Waals surface area contributed by atoms with Gasteiger partial charge in [-0.2, -0.15) is 0 Å². The van der Waals surface area contributed by atoms with E-state index < -0.39 is 5.97 Å². The topological polar surface area (TPSA) is 110 Å². The van der Waals surface area contributed by atoms with Crippen LogP contribution in [0.4, 0.5) is 11.4 Å². The molecule has 0 saturated heterocycles. The van der Waals surface area contributed by atoms with Gasteiger partial charge in [0, 0.05) is 24.2 Å². The van der Waals surface area contributed by atoms with Gasteiger partial charge in [0.25, 0.3) is 5.91 Å². The fraction of sp³-hybridized carbons (Fsp3) is 0.190. The molecule has 0 aliphatic rings. The Morgan fingerprint density at radius 1 is 0.967 bits per heavy atom. The van der Waals surface area contributed by atoms with E-state index in [-0.39, 0.29) is 29.8 Å². The SMILES string of the molecule is CCOC(=O)c1cccc(NC(=O)CCc2nnc(C(=O)Nc3ccccc3)s2)c1. The highest BCUT2D eigenvalue weighted by Crippen LogP contribution is 2.16. The Labute approximate surface area is 177 Å². The molecule has 1 aromatic heterocycles. The molecule has 0 fully saturated rings. The number of amides is 2. The number of aryl methyl sites for hydroxylation is 1. The van der Waals surface area contributed by atoms with Crippen molar-refractivity contribution in [3.05, 3.63) is 70.2 Å². The molecule has 1 heterocycles. The first-order valence-electron chi connectivity index (χ1n) is 9.31. The van der Waals surface area contributed by atoms with Crippen molar-refractivity contribution in [1.29, 1.82) is 0 Å². The van der Waals surface area contributed by atoms with Crippen molar-refractivity contribution in [2.45, 2.75) is 19.8 Å². The molecule has 0 radical (unpaired) electrons. The van der Waals surface area contributed by atoms with Gasteiger partial charge in [-0.05, 0) is 37.3 Å². The molecule has 3 rings (SSSR count). The summed E-state index contributed by atoms with van der Waals surface area (Å²) in [6, 6.07) is 15.6. The first-order valence-corrected chi connectivity index (χ1v) is 10.1. The third kappa shape index (κ3) is 5.95. The van der Waals surface area contributed by atoms with Crippen LogP contribution in [0.25, 0.3) is 0 Å². The van der Waals surface area contributed by atoms with Gasteiger partial charge >= 0.3 is 5.97 Å². The second-order valence-electron chi connectivity index (χ2n) is 6.17. The summed E-state index contributed by atoms with van der Waals surface area (Å²) in [7, 11) is 0. The van der Waals surface area contributed by atoms with Crippen LogP contribution >= 0.6 is 11.3 Å². The number of hydrogen-bond acceptors (Lipinski definition) is 7. The normalized spacial score (nSPS) is 10.3. The molecule has 2 N–H and O–H groups in total. The van der Waals surface area contributed by atoms with Crippen molar-refractivity contribution in [1.82, 2.24) is 10.2 Å². The summed E-state index contributed by atoms with van der Waals surface area (Å²) in [6.45, 7) is 2.01. The van der Waals surface area contributed by atoms with Crippen LogP contribution in [0, 0.1) is 0 Å². The Hall–Kier alpha value is -3.59. The molecular formula is C21H20N4O4S. The van der Waals surface area contributed by atoms with E-state index in [4.69, 9.17) is 4.74 Å². The summed E-state index contributed by atoms with van der Waals surface area (Å²) in [5, 5.41) is 14.2. The van der Waals surface area contributed by atoms with Gasteiger partial charge in [-0.1, -0.05) is 35.6 Å². The molecule has 2 amide bonds. The Bertz CT molecular complexity index is 1040. The molecule has 0 unspecified atom stereocenters. The molecule has 0 atom stereocenters. The number of nitrogens with one attached hydrogen (secondary N) is 2. The molecule has 0 aliphatic carbocycles. The molecule has 0 saturated carbocycles. The van der Waals surface area contributed by atoms with Gasteiger partial charge in [0.15, 0.2) is 0 Å². The van der Waals surface area contributed by atoms with Crippen LogP contribution in [0.2, 0.25) is 0 Å². The quantitative estimate of drug-likeness (QED) is 0.535. The standard InChI is InChI=1S/C21H20N4O4S/c1-2-29-21(28)14-7-6-10-16(13-14)22-17(26)11-12-18-24-25-20(30-18)19(27)23-15-8-4-3-5-9-15/h3-10,13H,2,11-12H2,1H3,(H,22,26)(H,23,27). The molecule has 0 aliphatic heterocycles. The zero-order valence-electron chi connectivity index (χ0n) is 16.3. The van der Waals surface area contributed by atoms with Crippen molar-refractivity contribution in [2.75, 3.05) is 17.2 Å². The number of benzene rings is 2. The fourth-order valence-corrected chi connectivity index (χ4v) is 3.27. The Morgan fingerprint density at radius 2 is 1.73 bits per heavy atom. The van der Waals surface area contributed by atoms with Crippen molar-refractivity contribution in [3.63, 3.8) is 0 Å². The number of carbonyl (C=O) groups excluding carboxylic acids is 3. The molecule has 2 aromatic carbocycles. The average molecular weight is 424 g/mol. The number of carbonyl (C=O) groups is 3. The Kier molecular flexibility index (Phi) is 7.23. The van der Waals surface area contributed by atoms with Crippen molar-refractivity contribution >= 4 is 40.5 Å². The Morgan fingerprint density at radius 3 is 2.50 bits per heavy atom. The molecule has 8 nitrogen and oxygen atoms in total.